The number of nitrogens with one attached hydrogen (secondary N) is 2. The van der Waals surface area contributed by atoms with Crippen molar-refractivity contribution in [3.05, 3.63) is 100 Å². The quantitative estimate of drug-likeness (QED) is 0.308. The molecule has 0 aliphatic carbocycles. The highest BCUT2D eigenvalue weighted by molar-refractivity contribution is 9.10. The topological polar surface area (TPSA) is 101 Å². The van der Waals surface area contributed by atoms with Crippen LogP contribution in [0.4, 0.5) is 5.69 Å². The molecule has 0 saturated heterocycles. The highest BCUT2D eigenvalue weighted by Gasteiger charge is 2.15. The highest BCUT2D eigenvalue weighted by atomic mass is 79.9. The fourth-order valence-corrected chi connectivity index (χ4v) is 3.64. The average Bonchev–Trinajstić information content (AvgIpc) is 2.79. The largest absolute Gasteiger partial charge is 0.369 e. The minimum absolute atomic E-state index is 0.0939. The third kappa shape index (κ3) is 7.11. The Bertz CT molecular complexity index is 1150. The fourth-order valence-electron chi connectivity index (χ4n) is 2.68. The second-order valence-electron chi connectivity index (χ2n) is 6.67. The molecule has 6 nitrogen and oxygen atoms in total. The zero-order valence-corrected chi connectivity index (χ0v) is 19.3. The number of hydrogen-bond acceptors (Lipinski definition) is 4. The molecule has 3 amide bonds. The summed E-state index contributed by atoms with van der Waals surface area (Å²) in [4.78, 5) is 37.5. The van der Waals surface area contributed by atoms with Gasteiger partial charge < -0.3 is 16.4 Å². The van der Waals surface area contributed by atoms with E-state index < -0.39 is 17.7 Å². The molecule has 0 spiro atoms. The van der Waals surface area contributed by atoms with E-state index in [0.29, 0.717) is 11.3 Å². The summed E-state index contributed by atoms with van der Waals surface area (Å²) in [7, 11) is 0. The molecule has 0 bridgehead atoms. The number of amides is 3. The lowest BCUT2D eigenvalue weighted by Crippen LogP contribution is -2.30. The first-order chi connectivity index (χ1) is 15.4. The van der Waals surface area contributed by atoms with Crippen molar-refractivity contribution in [2.75, 3.05) is 11.1 Å². The van der Waals surface area contributed by atoms with Gasteiger partial charge in [-0.2, -0.15) is 0 Å². The predicted octanol–water partition coefficient (Wildman–Crippen LogP) is 4.44. The molecule has 0 atom stereocenters. The molecule has 0 aromatic heterocycles. The summed E-state index contributed by atoms with van der Waals surface area (Å²) in [6.45, 7) is 0. The van der Waals surface area contributed by atoms with Crippen molar-refractivity contribution in [2.45, 2.75) is 4.90 Å². The van der Waals surface area contributed by atoms with Crippen molar-refractivity contribution in [2.24, 2.45) is 5.73 Å². The minimum atomic E-state index is -0.478. The van der Waals surface area contributed by atoms with E-state index in [4.69, 9.17) is 5.73 Å². The van der Waals surface area contributed by atoms with E-state index in [-0.39, 0.29) is 11.4 Å². The van der Waals surface area contributed by atoms with E-state index in [1.54, 1.807) is 48.5 Å². The van der Waals surface area contributed by atoms with Gasteiger partial charge in [-0.05, 0) is 54.1 Å². The molecule has 8 heteroatoms. The standard InChI is InChI=1S/C24H20BrN3O3S/c25-18-11-9-16(10-12-18)13-21(28-23(30)17-5-2-1-3-6-17)24(31)27-19-7-4-8-20(14-19)32-15-22(26)29/h1-14H,15H2,(H2,26,29)(H,27,31)(H,28,30)/b21-13-. The van der Waals surface area contributed by atoms with Gasteiger partial charge >= 0.3 is 0 Å². The third-order valence-electron chi connectivity index (χ3n) is 4.18. The Morgan fingerprint density at radius 2 is 1.66 bits per heavy atom. The van der Waals surface area contributed by atoms with Crippen LogP contribution in [-0.4, -0.2) is 23.5 Å². The van der Waals surface area contributed by atoms with Gasteiger partial charge in [-0.3, -0.25) is 14.4 Å². The summed E-state index contributed by atoms with van der Waals surface area (Å²) in [5, 5.41) is 5.50. The van der Waals surface area contributed by atoms with Gasteiger partial charge in [0.25, 0.3) is 11.8 Å². The van der Waals surface area contributed by atoms with Gasteiger partial charge in [-0.25, -0.2) is 0 Å². The van der Waals surface area contributed by atoms with Gasteiger partial charge in [0.15, 0.2) is 0 Å². The van der Waals surface area contributed by atoms with Crippen LogP contribution in [0.3, 0.4) is 0 Å². The van der Waals surface area contributed by atoms with Crippen molar-refractivity contribution in [3.8, 4) is 0 Å². The van der Waals surface area contributed by atoms with Crippen molar-refractivity contribution in [1.82, 2.24) is 5.32 Å². The van der Waals surface area contributed by atoms with Crippen molar-refractivity contribution < 1.29 is 14.4 Å². The number of carbonyl (C=O) groups excluding carboxylic acids is 3. The Balaban J connectivity index is 1.83. The molecule has 0 fully saturated rings. The predicted molar refractivity (Wildman–Crippen MR) is 131 cm³/mol. The molecule has 3 rings (SSSR count). The first-order valence-electron chi connectivity index (χ1n) is 9.57. The number of rotatable bonds is 8. The molecule has 0 saturated carbocycles. The van der Waals surface area contributed by atoms with Gasteiger partial charge in [-0.15, -0.1) is 11.8 Å². The van der Waals surface area contributed by atoms with Crippen LogP contribution in [0.15, 0.2) is 93.9 Å². The number of primary amides is 1. The number of nitrogens with two attached hydrogens (primary N) is 1. The van der Waals surface area contributed by atoms with Crippen LogP contribution in [0.2, 0.25) is 0 Å². The normalized spacial score (nSPS) is 11.0. The summed E-state index contributed by atoms with van der Waals surface area (Å²) in [5.41, 5.74) is 7.00. The Kier molecular flexibility index (Phi) is 8.24. The zero-order valence-electron chi connectivity index (χ0n) is 16.9. The first kappa shape index (κ1) is 23.3. The molecule has 3 aromatic carbocycles. The lowest BCUT2D eigenvalue weighted by atomic mass is 10.1. The first-order valence-corrected chi connectivity index (χ1v) is 11.3. The zero-order chi connectivity index (χ0) is 22.9. The maximum atomic E-state index is 13.0. The molecule has 0 radical (unpaired) electrons. The van der Waals surface area contributed by atoms with E-state index in [0.717, 1.165) is 14.9 Å². The number of halogens is 1. The second kappa shape index (κ2) is 11.3. The maximum Gasteiger partial charge on any atom is 0.272 e. The van der Waals surface area contributed by atoms with Gasteiger partial charge in [0.2, 0.25) is 5.91 Å². The number of anilines is 1. The van der Waals surface area contributed by atoms with E-state index in [1.165, 1.54) is 11.8 Å². The summed E-state index contributed by atoms with van der Waals surface area (Å²) in [6, 6.07) is 23.0. The van der Waals surface area contributed by atoms with E-state index in [1.807, 2.05) is 36.4 Å². The molecule has 32 heavy (non-hydrogen) atoms. The molecule has 162 valence electrons. The Morgan fingerprint density at radius 3 is 2.34 bits per heavy atom. The summed E-state index contributed by atoms with van der Waals surface area (Å²) < 4.78 is 0.902. The summed E-state index contributed by atoms with van der Waals surface area (Å²) >= 11 is 4.66. The highest BCUT2D eigenvalue weighted by Crippen LogP contribution is 2.22. The molecule has 3 aromatic rings. The number of carbonyl (C=O) groups is 3. The lowest BCUT2D eigenvalue weighted by Gasteiger charge is -2.12. The lowest BCUT2D eigenvalue weighted by molar-refractivity contribution is -0.115. The monoisotopic (exact) mass is 509 g/mol. The number of hydrogen-bond donors (Lipinski definition) is 3. The SMILES string of the molecule is NC(=O)CSc1cccc(NC(=O)/C(=C/c2ccc(Br)cc2)NC(=O)c2ccccc2)c1. The average molecular weight is 510 g/mol. The molecule has 0 heterocycles. The third-order valence-corrected chi connectivity index (χ3v) is 5.73. The maximum absolute atomic E-state index is 13.0. The van der Waals surface area contributed by atoms with E-state index >= 15 is 0 Å². The summed E-state index contributed by atoms with van der Waals surface area (Å²) in [6.07, 6.45) is 1.61. The van der Waals surface area contributed by atoms with Gasteiger partial charge in [-0.1, -0.05) is 52.3 Å². The van der Waals surface area contributed by atoms with Crippen molar-refractivity contribution in [3.63, 3.8) is 0 Å². The van der Waals surface area contributed by atoms with Crippen molar-refractivity contribution >= 4 is 57.2 Å². The Labute approximate surface area is 198 Å². The van der Waals surface area contributed by atoms with Crippen molar-refractivity contribution in [1.29, 1.82) is 0 Å². The van der Waals surface area contributed by atoms with E-state index in [9.17, 15) is 14.4 Å². The van der Waals surface area contributed by atoms with Gasteiger partial charge in [0.1, 0.15) is 5.70 Å². The summed E-state index contributed by atoms with van der Waals surface area (Å²) in [5.74, 6) is -1.16. The van der Waals surface area contributed by atoms with Gasteiger partial charge in [0, 0.05) is 20.6 Å². The number of benzene rings is 3. The van der Waals surface area contributed by atoms with Crippen LogP contribution >= 0.6 is 27.7 Å². The van der Waals surface area contributed by atoms with Crippen LogP contribution in [0.5, 0.6) is 0 Å². The molecule has 4 N–H and O–H groups in total. The van der Waals surface area contributed by atoms with Crippen LogP contribution in [0, 0.1) is 0 Å². The Morgan fingerprint density at radius 1 is 0.938 bits per heavy atom. The Hall–Kier alpha value is -3.36. The van der Waals surface area contributed by atoms with Crippen LogP contribution in [-0.2, 0) is 9.59 Å². The molecule has 0 aliphatic rings. The molecule has 0 aliphatic heterocycles. The fraction of sp³-hybridized carbons (Fsp3) is 0.0417. The smallest absolute Gasteiger partial charge is 0.272 e. The second-order valence-corrected chi connectivity index (χ2v) is 8.63. The minimum Gasteiger partial charge on any atom is -0.369 e. The van der Waals surface area contributed by atoms with E-state index in [2.05, 4.69) is 26.6 Å². The van der Waals surface area contributed by atoms with Crippen LogP contribution < -0.4 is 16.4 Å². The number of thioether (sulfide) groups is 1. The molecular weight excluding hydrogens is 490 g/mol. The van der Waals surface area contributed by atoms with Gasteiger partial charge in [0.05, 0.1) is 5.75 Å². The molecular formula is C24H20BrN3O3S. The molecule has 0 unspecified atom stereocenters. The van der Waals surface area contributed by atoms with Crippen LogP contribution in [0.25, 0.3) is 6.08 Å². The van der Waals surface area contributed by atoms with Crippen LogP contribution in [0.1, 0.15) is 15.9 Å².